The molecule has 2 N–H and O–H groups in total. The van der Waals surface area contributed by atoms with Crippen molar-refractivity contribution in [2.24, 2.45) is 5.41 Å². The lowest BCUT2D eigenvalue weighted by molar-refractivity contribution is 0.375. The second-order valence-corrected chi connectivity index (χ2v) is 8.91. The molecule has 1 aliphatic heterocycles. The van der Waals surface area contributed by atoms with Gasteiger partial charge in [0.25, 0.3) is 0 Å². The van der Waals surface area contributed by atoms with E-state index in [4.69, 9.17) is 0 Å². The fourth-order valence-corrected chi connectivity index (χ4v) is 4.81. The fraction of sp³-hybridized carbons (Fsp3) is 0.786. The number of aryl methyl sites for hydroxylation is 1. The van der Waals surface area contributed by atoms with E-state index in [-0.39, 0.29) is 5.41 Å². The topological polar surface area (TPSA) is 78.1 Å². The number of aromatic amines is 1. The molecule has 0 radical (unpaired) electrons. The highest BCUT2D eigenvalue weighted by molar-refractivity contribution is 7.89. The molecule has 1 aromatic rings. The number of hydrogen-bond donors (Lipinski definition) is 2. The number of nitrogens with one attached hydrogen (secondary N) is 2. The quantitative estimate of drug-likeness (QED) is 0.861. The van der Waals surface area contributed by atoms with Gasteiger partial charge in [0.05, 0.1) is 11.4 Å². The molecule has 0 bridgehead atoms. The van der Waals surface area contributed by atoms with Crippen LogP contribution >= 0.6 is 0 Å². The monoisotopic (exact) mass is 312 g/mol. The average Bonchev–Trinajstić information content (AvgIpc) is 3.04. The Morgan fingerprint density at radius 3 is 2.71 bits per heavy atom. The molecule has 1 aliphatic carbocycles. The lowest BCUT2D eigenvalue weighted by Gasteiger charge is -2.20. The molecule has 0 unspecified atom stereocenters. The van der Waals surface area contributed by atoms with Crippen LogP contribution in [0.1, 0.15) is 44.5 Å². The zero-order valence-electron chi connectivity index (χ0n) is 12.9. The van der Waals surface area contributed by atoms with Gasteiger partial charge in [-0.15, -0.1) is 0 Å². The van der Waals surface area contributed by atoms with Crippen molar-refractivity contribution in [1.29, 1.82) is 0 Å². The molecule has 1 saturated carbocycles. The normalized spacial score (nSPS) is 22.8. The Bertz CT molecular complexity index is 631. The zero-order chi connectivity index (χ0) is 15.3. The summed E-state index contributed by atoms with van der Waals surface area (Å²) in [5.41, 5.74) is 1.30. The van der Waals surface area contributed by atoms with Crippen LogP contribution in [0.25, 0.3) is 0 Å². The van der Waals surface area contributed by atoms with Gasteiger partial charge in [-0.3, -0.25) is 5.10 Å². The van der Waals surface area contributed by atoms with Crippen molar-refractivity contribution in [3.63, 3.8) is 0 Å². The van der Waals surface area contributed by atoms with E-state index in [1.807, 2.05) is 0 Å². The highest BCUT2D eigenvalue weighted by atomic mass is 32.2. The predicted octanol–water partition coefficient (Wildman–Crippen LogP) is 1.39. The molecule has 21 heavy (non-hydrogen) atoms. The van der Waals surface area contributed by atoms with Crippen LogP contribution in [-0.2, 0) is 16.6 Å². The molecule has 2 fully saturated rings. The van der Waals surface area contributed by atoms with Gasteiger partial charge in [-0.25, -0.2) is 8.42 Å². The van der Waals surface area contributed by atoms with E-state index in [2.05, 4.69) is 29.4 Å². The third kappa shape index (κ3) is 3.00. The van der Waals surface area contributed by atoms with Crippen LogP contribution in [0.4, 0.5) is 0 Å². The van der Waals surface area contributed by atoms with Crippen molar-refractivity contribution in [1.82, 2.24) is 19.8 Å². The van der Waals surface area contributed by atoms with E-state index in [9.17, 15) is 8.42 Å². The number of rotatable bonds is 5. The van der Waals surface area contributed by atoms with E-state index >= 15 is 0 Å². The van der Waals surface area contributed by atoms with E-state index < -0.39 is 10.0 Å². The van der Waals surface area contributed by atoms with Crippen molar-refractivity contribution >= 4 is 10.0 Å². The molecule has 0 spiro atoms. The van der Waals surface area contributed by atoms with E-state index in [0.29, 0.717) is 42.0 Å². The van der Waals surface area contributed by atoms with Gasteiger partial charge in [-0.2, -0.15) is 9.40 Å². The van der Waals surface area contributed by atoms with Crippen molar-refractivity contribution in [3.8, 4) is 0 Å². The summed E-state index contributed by atoms with van der Waals surface area (Å²) in [5.74, 6) is 0. The molecule has 1 aromatic heterocycles. The summed E-state index contributed by atoms with van der Waals surface area (Å²) in [6, 6.07) is 0.531. The van der Waals surface area contributed by atoms with E-state index in [0.717, 1.165) is 6.42 Å². The van der Waals surface area contributed by atoms with Gasteiger partial charge in [-0.05, 0) is 31.6 Å². The van der Waals surface area contributed by atoms with Crippen LogP contribution in [-0.4, -0.2) is 42.1 Å². The molecule has 0 amide bonds. The smallest absolute Gasteiger partial charge is 0.246 e. The molecule has 118 valence electrons. The van der Waals surface area contributed by atoms with Crippen LogP contribution in [0, 0.1) is 12.3 Å². The predicted molar refractivity (Wildman–Crippen MR) is 80.3 cm³/mol. The number of hydrogen-bond acceptors (Lipinski definition) is 4. The Balaban J connectivity index is 1.85. The second kappa shape index (κ2) is 5.07. The lowest BCUT2D eigenvalue weighted by atomic mass is 9.93. The molecule has 0 aromatic carbocycles. The largest absolute Gasteiger partial charge is 0.308 e. The van der Waals surface area contributed by atoms with Gasteiger partial charge in [0, 0.05) is 25.7 Å². The van der Waals surface area contributed by atoms with E-state index in [1.54, 1.807) is 11.2 Å². The maximum absolute atomic E-state index is 12.9. The minimum atomic E-state index is -3.46. The summed E-state index contributed by atoms with van der Waals surface area (Å²) >= 11 is 0. The first-order valence-electron chi connectivity index (χ1n) is 7.57. The highest BCUT2D eigenvalue weighted by Crippen LogP contribution is 2.34. The number of nitrogens with zero attached hydrogens (tertiary/aromatic N) is 2. The van der Waals surface area contributed by atoms with Crippen molar-refractivity contribution < 1.29 is 8.42 Å². The van der Waals surface area contributed by atoms with Crippen LogP contribution in [0.5, 0.6) is 0 Å². The standard InChI is InChI=1S/C14H24N4O2S/c1-10-13(12(17-16-10)8-15-11-4-5-11)21(19,20)18-7-6-14(2,3)9-18/h11,15H,4-9H2,1-3H3,(H,16,17). The summed E-state index contributed by atoms with van der Waals surface area (Å²) in [4.78, 5) is 0.369. The number of aromatic nitrogens is 2. The lowest BCUT2D eigenvalue weighted by Crippen LogP contribution is -2.31. The molecule has 7 heteroatoms. The fourth-order valence-electron chi connectivity index (χ4n) is 2.86. The van der Waals surface area contributed by atoms with Gasteiger partial charge in [0.2, 0.25) is 10.0 Å². The van der Waals surface area contributed by atoms with Gasteiger partial charge < -0.3 is 5.32 Å². The molecular formula is C14H24N4O2S. The number of sulfonamides is 1. The zero-order valence-corrected chi connectivity index (χ0v) is 13.8. The summed E-state index contributed by atoms with van der Waals surface area (Å²) in [6.07, 6.45) is 3.25. The number of H-pyrrole nitrogens is 1. The minimum Gasteiger partial charge on any atom is -0.308 e. The van der Waals surface area contributed by atoms with E-state index in [1.165, 1.54) is 12.8 Å². The maximum atomic E-state index is 12.9. The summed E-state index contributed by atoms with van der Waals surface area (Å²) in [6.45, 7) is 7.69. The van der Waals surface area contributed by atoms with Crippen LogP contribution in [0.2, 0.25) is 0 Å². The summed E-state index contributed by atoms with van der Waals surface area (Å²) in [5, 5.41) is 10.4. The Kier molecular flexibility index (Phi) is 3.62. The van der Waals surface area contributed by atoms with Crippen molar-refractivity contribution in [3.05, 3.63) is 11.4 Å². The van der Waals surface area contributed by atoms with Gasteiger partial charge in [0.15, 0.2) is 0 Å². The highest BCUT2D eigenvalue weighted by Gasteiger charge is 2.39. The van der Waals surface area contributed by atoms with Gasteiger partial charge in [-0.1, -0.05) is 13.8 Å². The molecule has 1 saturated heterocycles. The average molecular weight is 312 g/mol. The Hall–Kier alpha value is -0.920. The summed E-state index contributed by atoms with van der Waals surface area (Å²) < 4.78 is 27.4. The third-order valence-electron chi connectivity index (χ3n) is 4.34. The third-order valence-corrected chi connectivity index (χ3v) is 6.39. The van der Waals surface area contributed by atoms with Crippen molar-refractivity contribution in [2.75, 3.05) is 13.1 Å². The Morgan fingerprint density at radius 2 is 2.14 bits per heavy atom. The van der Waals surface area contributed by atoms with Gasteiger partial charge >= 0.3 is 0 Å². The first-order chi connectivity index (χ1) is 9.79. The van der Waals surface area contributed by atoms with Crippen LogP contribution in [0.15, 0.2) is 4.90 Å². The van der Waals surface area contributed by atoms with Gasteiger partial charge in [0.1, 0.15) is 4.90 Å². The SMILES string of the molecule is Cc1[nH]nc(CNC2CC2)c1S(=O)(=O)N1CCC(C)(C)C1. The Morgan fingerprint density at radius 1 is 1.43 bits per heavy atom. The minimum absolute atomic E-state index is 0.0527. The molecule has 3 rings (SSSR count). The van der Waals surface area contributed by atoms with Crippen LogP contribution < -0.4 is 5.32 Å². The molecule has 6 nitrogen and oxygen atoms in total. The maximum Gasteiger partial charge on any atom is 0.246 e. The van der Waals surface area contributed by atoms with Crippen LogP contribution in [0.3, 0.4) is 0 Å². The Labute approximate surface area is 126 Å². The first kappa shape index (κ1) is 15.0. The first-order valence-corrected chi connectivity index (χ1v) is 9.01. The van der Waals surface area contributed by atoms with Crippen molar-refractivity contribution in [2.45, 2.75) is 57.5 Å². The molecule has 0 atom stereocenters. The molecule has 2 heterocycles. The molecular weight excluding hydrogens is 288 g/mol. The molecule has 2 aliphatic rings. The summed E-state index contributed by atoms with van der Waals surface area (Å²) in [7, 11) is -3.46. The second-order valence-electron chi connectivity index (χ2n) is 7.03.